The molecule has 0 fully saturated rings. The number of nitrogens with one attached hydrogen (secondary N) is 2. The van der Waals surface area contributed by atoms with Gasteiger partial charge in [-0.3, -0.25) is 14.8 Å². The van der Waals surface area contributed by atoms with Crippen LogP contribution in [0.3, 0.4) is 0 Å². The van der Waals surface area contributed by atoms with Gasteiger partial charge < -0.3 is 0 Å². The Balaban J connectivity index is 1.77. The number of amides is 1. The first-order valence-electron chi connectivity index (χ1n) is 8.14. The molecular weight excluding hydrogens is 475 g/mol. The molecular formula is C17H14Cl2N4O3S3. The van der Waals surface area contributed by atoms with Crippen LogP contribution in [0.4, 0.5) is 10.8 Å². The molecule has 0 aliphatic carbocycles. The van der Waals surface area contributed by atoms with Crippen molar-refractivity contribution in [1.29, 1.82) is 0 Å². The van der Waals surface area contributed by atoms with E-state index in [1.54, 1.807) is 12.1 Å². The molecule has 1 amide bonds. The largest absolute Gasteiger partial charge is 0.296 e. The Bertz CT molecular complexity index is 1150. The summed E-state index contributed by atoms with van der Waals surface area (Å²) in [5.74, 6) is 0.241. The molecule has 3 aromatic rings. The molecule has 12 heteroatoms. The second kappa shape index (κ2) is 9.31. The lowest BCUT2D eigenvalue weighted by Crippen LogP contribution is -2.13. The summed E-state index contributed by atoms with van der Waals surface area (Å²) >= 11 is 14.1. The Kier molecular flexibility index (Phi) is 7.01. The summed E-state index contributed by atoms with van der Waals surface area (Å²) in [5.41, 5.74) is 0.632. The van der Waals surface area contributed by atoms with Gasteiger partial charge in [0.2, 0.25) is 5.13 Å². The van der Waals surface area contributed by atoms with Crippen molar-refractivity contribution in [3.63, 3.8) is 0 Å². The fraction of sp³-hybridized carbons (Fsp3) is 0.118. The predicted molar refractivity (Wildman–Crippen MR) is 118 cm³/mol. The molecule has 29 heavy (non-hydrogen) atoms. The highest BCUT2D eigenvalue weighted by Crippen LogP contribution is 2.30. The van der Waals surface area contributed by atoms with Crippen molar-refractivity contribution in [1.82, 2.24) is 10.2 Å². The van der Waals surface area contributed by atoms with Gasteiger partial charge in [0.05, 0.1) is 16.3 Å². The number of sulfonamides is 1. The van der Waals surface area contributed by atoms with Crippen LogP contribution in [0.25, 0.3) is 0 Å². The Labute approximate surface area is 185 Å². The first kappa shape index (κ1) is 21.8. The molecule has 152 valence electrons. The van der Waals surface area contributed by atoms with E-state index in [0.717, 1.165) is 22.0 Å². The molecule has 3 rings (SSSR count). The van der Waals surface area contributed by atoms with Crippen molar-refractivity contribution in [2.75, 3.05) is 15.8 Å². The smallest absolute Gasteiger partial charge is 0.291 e. The van der Waals surface area contributed by atoms with Crippen LogP contribution >= 0.6 is 46.3 Å². The van der Waals surface area contributed by atoms with Gasteiger partial charge in [0.1, 0.15) is 0 Å². The fourth-order valence-electron chi connectivity index (χ4n) is 2.23. The van der Waals surface area contributed by atoms with Crippen LogP contribution in [-0.4, -0.2) is 30.3 Å². The van der Waals surface area contributed by atoms with Crippen LogP contribution in [0.2, 0.25) is 10.0 Å². The van der Waals surface area contributed by atoms with Gasteiger partial charge in [0.15, 0.2) is 0 Å². The molecule has 2 N–H and O–H groups in total. The third kappa shape index (κ3) is 5.40. The lowest BCUT2D eigenvalue weighted by molar-refractivity contribution is 0.102. The first-order valence-corrected chi connectivity index (χ1v) is 12.2. The van der Waals surface area contributed by atoms with E-state index in [4.69, 9.17) is 23.2 Å². The highest BCUT2D eigenvalue weighted by atomic mass is 35.5. The number of carbonyl (C=O) groups is 1. The number of anilines is 2. The minimum Gasteiger partial charge on any atom is -0.296 e. The summed E-state index contributed by atoms with van der Waals surface area (Å²) in [6.07, 6.45) is 0. The molecule has 7 nitrogen and oxygen atoms in total. The molecule has 1 heterocycles. The zero-order valence-corrected chi connectivity index (χ0v) is 18.8. The Hall–Kier alpha value is -1.85. The molecule has 2 aromatic carbocycles. The van der Waals surface area contributed by atoms with E-state index >= 15 is 0 Å². The third-order valence-corrected chi connectivity index (χ3v) is 7.54. The van der Waals surface area contributed by atoms with Crippen molar-refractivity contribution >= 4 is 73.0 Å². The Morgan fingerprint density at radius 2 is 1.93 bits per heavy atom. The normalized spacial score (nSPS) is 11.3. The zero-order valence-electron chi connectivity index (χ0n) is 14.8. The average Bonchev–Trinajstić information content (AvgIpc) is 3.12. The number of aromatic nitrogens is 2. The molecule has 0 radical (unpaired) electrons. The number of nitrogens with zero attached hydrogens (tertiary/aromatic N) is 2. The van der Waals surface area contributed by atoms with E-state index < -0.39 is 15.9 Å². The number of hydrogen-bond donors (Lipinski definition) is 2. The van der Waals surface area contributed by atoms with E-state index in [9.17, 15) is 13.2 Å². The molecule has 0 aliphatic rings. The summed E-state index contributed by atoms with van der Waals surface area (Å²) in [7, 11) is -3.96. The van der Waals surface area contributed by atoms with Crippen molar-refractivity contribution < 1.29 is 13.2 Å². The van der Waals surface area contributed by atoms with Crippen molar-refractivity contribution in [2.45, 2.75) is 16.2 Å². The average molecular weight is 489 g/mol. The number of para-hydroxylation sites is 1. The van der Waals surface area contributed by atoms with E-state index in [1.807, 2.05) is 19.1 Å². The number of thioether (sulfide) groups is 1. The fourth-order valence-corrected chi connectivity index (χ4v) is 5.52. The molecule has 0 aliphatic heterocycles. The second-order valence-corrected chi connectivity index (χ2v) is 10.5. The maximum Gasteiger partial charge on any atom is 0.291 e. The van der Waals surface area contributed by atoms with E-state index in [-0.39, 0.29) is 20.1 Å². The van der Waals surface area contributed by atoms with Gasteiger partial charge in [-0.2, -0.15) is 8.42 Å². The molecule has 0 unspecified atom stereocenters. The molecule has 0 bridgehead atoms. The lowest BCUT2D eigenvalue weighted by atomic mass is 10.2. The van der Waals surface area contributed by atoms with Gasteiger partial charge >= 0.3 is 0 Å². The number of benzene rings is 2. The van der Waals surface area contributed by atoms with Crippen molar-refractivity contribution in [2.24, 2.45) is 0 Å². The number of halogens is 2. The summed E-state index contributed by atoms with van der Waals surface area (Å²) in [6, 6.07) is 11.5. The summed E-state index contributed by atoms with van der Waals surface area (Å²) < 4.78 is 27.6. The van der Waals surface area contributed by atoms with Gasteiger partial charge in [-0.25, -0.2) is 0 Å². The quantitative estimate of drug-likeness (QED) is 0.358. The highest BCUT2D eigenvalue weighted by molar-refractivity contribution is 7.99. The highest BCUT2D eigenvalue weighted by Gasteiger charge is 2.23. The van der Waals surface area contributed by atoms with Gasteiger partial charge in [0, 0.05) is 9.92 Å². The topological polar surface area (TPSA) is 101 Å². The van der Waals surface area contributed by atoms with Gasteiger partial charge in [-0.15, -0.1) is 22.0 Å². The van der Waals surface area contributed by atoms with Crippen LogP contribution in [0.5, 0.6) is 0 Å². The Morgan fingerprint density at radius 3 is 2.66 bits per heavy atom. The summed E-state index contributed by atoms with van der Waals surface area (Å²) in [4.78, 5) is 13.1. The van der Waals surface area contributed by atoms with Crippen LogP contribution in [-0.2, 0) is 10.0 Å². The molecule has 0 atom stereocenters. The standard InChI is InChI=1S/C17H14Cl2N4O3S3/c1-2-27-14-6-4-3-5-13(14)23-29(25,26)17-22-21-16(28-17)20-15(24)11-8-7-10(18)9-12(11)19/h3-9,23H,2H2,1H3,(H,20,21,24). The number of hydrogen-bond acceptors (Lipinski definition) is 7. The Morgan fingerprint density at radius 1 is 1.17 bits per heavy atom. The summed E-state index contributed by atoms with van der Waals surface area (Å²) in [6.45, 7) is 1.97. The third-order valence-electron chi connectivity index (χ3n) is 3.46. The minimum atomic E-state index is -3.96. The van der Waals surface area contributed by atoms with Crippen LogP contribution in [0.15, 0.2) is 51.7 Å². The molecule has 1 aromatic heterocycles. The van der Waals surface area contributed by atoms with E-state index in [2.05, 4.69) is 20.2 Å². The minimum absolute atomic E-state index is 0.0256. The van der Waals surface area contributed by atoms with E-state index in [1.165, 1.54) is 30.0 Å². The molecule has 0 saturated carbocycles. The van der Waals surface area contributed by atoms with Gasteiger partial charge in [-0.1, -0.05) is 53.6 Å². The van der Waals surface area contributed by atoms with Gasteiger partial charge in [-0.05, 0) is 36.1 Å². The lowest BCUT2D eigenvalue weighted by Gasteiger charge is -2.09. The molecule has 0 saturated heterocycles. The van der Waals surface area contributed by atoms with Crippen LogP contribution in [0, 0.1) is 0 Å². The monoisotopic (exact) mass is 488 g/mol. The predicted octanol–water partition coefficient (Wildman–Crippen LogP) is 5.01. The van der Waals surface area contributed by atoms with Crippen molar-refractivity contribution in [3.8, 4) is 0 Å². The zero-order chi connectivity index (χ0) is 21.0. The second-order valence-electron chi connectivity index (χ2n) is 5.49. The van der Waals surface area contributed by atoms with Crippen LogP contribution in [0.1, 0.15) is 17.3 Å². The van der Waals surface area contributed by atoms with E-state index in [0.29, 0.717) is 10.7 Å². The van der Waals surface area contributed by atoms with Crippen molar-refractivity contribution in [3.05, 3.63) is 58.1 Å². The maximum atomic E-state index is 12.7. The van der Waals surface area contributed by atoms with Gasteiger partial charge in [0.25, 0.3) is 20.3 Å². The SMILES string of the molecule is CCSc1ccccc1NS(=O)(=O)c1nnc(NC(=O)c2ccc(Cl)cc2Cl)s1. The maximum absolute atomic E-state index is 12.7. The number of carbonyl (C=O) groups excluding carboxylic acids is 1. The summed E-state index contributed by atoms with van der Waals surface area (Å²) in [5, 5.41) is 10.5. The van der Waals surface area contributed by atoms with Crippen LogP contribution < -0.4 is 10.0 Å². The molecule has 0 spiro atoms. The first-order chi connectivity index (χ1) is 13.8. The number of rotatable bonds is 7.